The first-order chi connectivity index (χ1) is 1.73. The summed E-state index contributed by atoms with van der Waals surface area (Å²) in [6.07, 6.45) is 0. The molecule has 0 aromatic carbocycles. The second kappa shape index (κ2) is 5.93. The zero-order valence-electron chi connectivity index (χ0n) is 2.00. The van der Waals surface area contributed by atoms with Gasteiger partial charge in [0.15, 0.2) is 0 Å². The van der Waals surface area contributed by atoms with Gasteiger partial charge in [-0.05, 0) is 3.44 Å². The van der Waals surface area contributed by atoms with Crippen LogP contribution in [0.15, 0.2) is 0 Å². The minimum atomic E-state index is -3.76. The van der Waals surface area contributed by atoms with Gasteiger partial charge in [0, 0.05) is 39.9 Å². The Labute approximate surface area is 70.1 Å². The molecule has 0 aliphatic heterocycles. The van der Waals surface area contributed by atoms with E-state index in [2.05, 4.69) is 0 Å². The van der Waals surface area contributed by atoms with E-state index in [1.807, 2.05) is 0 Å². The third-order valence-electron chi connectivity index (χ3n) is 0. The normalized spacial score (nSPS) is 7.20. The zero-order valence-corrected chi connectivity index (χ0v) is 6.42. The maximum atomic E-state index is 8.68. The Bertz CT molecular complexity index is 11.6. The van der Waals surface area contributed by atoms with E-state index in [0.717, 1.165) is 0 Å². The van der Waals surface area contributed by atoms with Gasteiger partial charge in [0.1, 0.15) is 0 Å². The Morgan fingerprint density at radius 1 is 1.40 bits per heavy atom. The SMILES string of the molecule is [Gd].[O-][I+2]([O-])O. The molecular formula is HGdIO3. The molecule has 1 N–H and O–H groups in total. The predicted molar refractivity (Wildman–Crippen MR) is 2.22 cm³/mol. The fraction of sp³-hybridized carbons (Fsp3) is 0. The van der Waals surface area contributed by atoms with Gasteiger partial charge in [0.2, 0.25) is 0 Å². The van der Waals surface area contributed by atoms with Crippen molar-refractivity contribution >= 4 is 0 Å². The average Bonchev–Trinajstić information content (AvgIpc) is 0.811. The molecule has 34 valence electrons. The molecule has 3 nitrogen and oxygen atoms in total. The monoisotopic (exact) mass is 334 g/mol. The maximum Gasteiger partial charge on any atom is 0.503 e. The fourth-order valence-electron chi connectivity index (χ4n) is 0. The van der Waals surface area contributed by atoms with E-state index in [1.54, 1.807) is 0 Å². The first-order valence-electron chi connectivity index (χ1n) is 0.478. The summed E-state index contributed by atoms with van der Waals surface area (Å²) in [6, 6.07) is 0. The standard InChI is InChI=1S/Gd.HIO3/c;2-1(3)4/h;2H. The predicted octanol–water partition coefficient (Wildman–Crippen LogP) is -5.93. The van der Waals surface area contributed by atoms with Crippen molar-refractivity contribution in [2.75, 3.05) is 0 Å². The molecular weight excluding hydrogens is 332 g/mol. The molecule has 0 amide bonds. The summed E-state index contributed by atoms with van der Waals surface area (Å²) in [5.41, 5.74) is 0. The molecule has 0 saturated heterocycles. The number of hydrogen-bond acceptors (Lipinski definition) is 3. The summed E-state index contributed by atoms with van der Waals surface area (Å²) in [7, 11) is 0. The Morgan fingerprint density at radius 2 is 1.40 bits per heavy atom. The van der Waals surface area contributed by atoms with E-state index in [9.17, 15) is 0 Å². The molecule has 0 saturated carbocycles. The first-order valence-corrected chi connectivity index (χ1v) is 3.20. The number of rotatable bonds is 0. The van der Waals surface area contributed by atoms with Crippen LogP contribution < -0.4 is 27.9 Å². The first kappa shape index (κ1) is 10.0. The number of halogens is 1. The molecule has 0 bridgehead atoms. The Hall–Kier alpha value is 1.93. The van der Waals surface area contributed by atoms with E-state index in [1.165, 1.54) is 0 Å². The van der Waals surface area contributed by atoms with Crippen LogP contribution in [0.5, 0.6) is 0 Å². The smallest absolute Gasteiger partial charge is 0.396 e. The van der Waals surface area contributed by atoms with Crippen molar-refractivity contribution in [1.29, 1.82) is 0 Å². The summed E-state index contributed by atoms with van der Waals surface area (Å²) in [6.45, 7) is 0. The second-order valence-electron chi connectivity index (χ2n) is 0.201. The molecule has 0 aliphatic rings. The van der Waals surface area contributed by atoms with Crippen molar-refractivity contribution in [2.45, 2.75) is 0 Å². The van der Waals surface area contributed by atoms with Crippen LogP contribution >= 0.6 is 0 Å². The van der Waals surface area contributed by atoms with Gasteiger partial charge in [0.05, 0.1) is 0 Å². The molecule has 0 atom stereocenters. The molecule has 5 heteroatoms. The van der Waals surface area contributed by atoms with Crippen LogP contribution in [0.3, 0.4) is 0 Å². The van der Waals surface area contributed by atoms with E-state index < -0.39 is 21.1 Å². The second-order valence-corrected chi connectivity index (χ2v) is 1.35. The molecule has 0 heterocycles. The van der Waals surface area contributed by atoms with E-state index in [-0.39, 0.29) is 39.9 Å². The third-order valence-corrected chi connectivity index (χ3v) is 0. The minimum absolute atomic E-state index is 0. The Morgan fingerprint density at radius 3 is 1.40 bits per heavy atom. The van der Waals surface area contributed by atoms with Crippen molar-refractivity contribution in [1.82, 2.24) is 0 Å². The summed E-state index contributed by atoms with van der Waals surface area (Å²) >= 11 is -3.76. The van der Waals surface area contributed by atoms with Gasteiger partial charge in [0.25, 0.3) is 0 Å². The maximum absolute atomic E-state index is 8.68. The van der Waals surface area contributed by atoms with Crippen LogP contribution in [0.2, 0.25) is 0 Å². The Balaban J connectivity index is 0. The van der Waals surface area contributed by atoms with E-state index in [0.29, 0.717) is 0 Å². The van der Waals surface area contributed by atoms with Crippen molar-refractivity contribution < 1.29 is 71.3 Å². The molecule has 0 rings (SSSR count). The summed E-state index contributed by atoms with van der Waals surface area (Å²) < 4.78 is 24.5. The van der Waals surface area contributed by atoms with Gasteiger partial charge in [-0.15, -0.1) is 0 Å². The molecule has 0 aliphatic carbocycles. The van der Waals surface area contributed by atoms with E-state index >= 15 is 0 Å². The summed E-state index contributed by atoms with van der Waals surface area (Å²) in [5, 5.41) is 0. The van der Waals surface area contributed by atoms with Crippen molar-refractivity contribution in [3.63, 3.8) is 0 Å². The van der Waals surface area contributed by atoms with Gasteiger partial charge in [-0.25, -0.2) is 0 Å². The molecule has 0 spiro atoms. The van der Waals surface area contributed by atoms with Crippen LogP contribution in [-0.2, 0) is 0 Å². The molecule has 0 aromatic heterocycles. The largest absolute Gasteiger partial charge is 0.503 e. The average molecular weight is 333 g/mol. The van der Waals surface area contributed by atoms with Gasteiger partial charge in [-0.2, -0.15) is 0 Å². The molecule has 0 radical (unpaired) electrons. The van der Waals surface area contributed by atoms with Gasteiger partial charge < -0.3 is 6.87 Å². The molecule has 0 unspecified atom stereocenters. The van der Waals surface area contributed by atoms with Crippen molar-refractivity contribution in [3.05, 3.63) is 0 Å². The van der Waals surface area contributed by atoms with Crippen molar-refractivity contribution in [2.24, 2.45) is 0 Å². The van der Waals surface area contributed by atoms with Crippen molar-refractivity contribution in [3.8, 4) is 0 Å². The molecule has 5 heavy (non-hydrogen) atoms. The molecule has 0 fully saturated rings. The van der Waals surface area contributed by atoms with Crippen LogP contribution in [0, 0.1) is 39.9 Å². The van der Waals surface area contributed by atoms with Gasteiger partial charge in [-0.1, -0.05) is 0 Å². The minimum Gasteiger partial charge on any atom is -0.396 e. The van der Waals surface area contributed by atoms with Gasteiger partial charge >= 0.3 is 21.1 Å². The van der Waals surface area contributed by atoms with Gasteiger partial charge in [-0.3, -0.25) is 0 Å². The fourth-order valence-corrected chi connectivity index (χ4v) is 0. The third kappa shape index (κ3) is 24.5. The number of hydrogen-bond donors (Lipinski definition) is 1. The van der Waals surface area contributed by atoms with Crippen LogP contribution in [0.1, 0.15) is 0 Å². The van der Waals surface area contributed by atoms with Crippen LogP contribution in [-0.4, -0.2) is 3.44 Å². The Kier molecular flexibility index (Phi) is 11.9. The van der Waals surface area contributed by atoms with Crippen LogP contribution in [0.4, 0.5) is 0 Å². The van der Waals surface area contributed by atoms with Crippen LogP contribution in [0.25, 0.3) is 0 Å². The zero-order chi connectivity index (χ0) is 3.58. The van der Waals surface area contributed by atoms with E-state index in [4.69, 9.17) is 10.3 Å². The quantitative estimate of drug-likeness (QED) is 0.449. The topological polar surface area (TPSA) is 66.3 Å². The summed E-state index contributed by atoms with van der Waals surface area (Å²) in [5.74, 6) is 0. The molecule has 0 aromatic rings. The summed E-state index contributed by atoms with van der Waals surface area (Å²) in [4.78, 5) is 0.